The molecule has 19 heavy (non-hydrogen) atoms. The third-order valence-electron chi connectivity index (χ3n) is 2.51. The molecule has 7 heteroatoms. The topological polar surface area (TPSA) is 61.9 Å². The summed E-state index contributed by atoms with van der Waals surface area (Å²) in [5, 5.41) is 3.11. The van der Waals surface area contributed by atoms with Gasteiger partial charge in [0.25, 0.3) is 0 Å². The van der Waals surface area contributed by atoms with Crippen molar-refractivity contribution in [3.63, 3.8) is 0 Å². The summed E-state index contributed by atoms with van der Waals surface area (Å²) in [7, 11) is 1.79. The van der Waals surface area contributed by atoms with E-state index in [-0.39, 0.29) is 5.91 Å². The molecule has 0 unspecified atom stereocenters. The van der Waals surface area contributed by atoms with Crippen molar-refractivity contribution in [3.05, 3.63) is 34.3 Å². The summed E-state index contributed by atoms with van der Waals surface area (Å²) >= 11 is 3.23. The number of hydrogen-bond acceptors (Lipinski definition) is 5. The van der Waals surface area contributed by atoms with Crippen LogP contribution in [0.1, 0.15) is 16.5 Å². The van der Waals surface area contributed by atoms with E-state index in [9.17, 15) is 4.79 Å². The molecule has 2 heterocycles. The van der Waals surface area contributed by atoms with Gasteiger partial charge in [-0.05, 0) is 6.92 Å². The number of amides is 1. The number of H-pyrrole nitrogens is 1. The van der Waals surface area contributed by atoms with Crippen molar-refractivity contribution in [3.8, 4) is 0 Å². The first-order valence-corrected chi connectivity index (χ1v) is 7.89. The van der Waals surface area contributed by atoms with Crippen molar-refractivity contribution in [1.82, 2.24) is 19.9 Å². The molecule has 1 amide bonds. The molecule has 102 valence electrons. The number of rotatable bonds is 6. The van der Waals surface area contributed by atoms with Crippen LogP contribution in [-0.4, -0.2) is 38.6 Å². The molecule has 0 aliphatic heterocycles. The van der Waals surface area contributed by atoms with Crippen molar-refractivity contribution >= 4 is 29.0 Å². The molecule has 0 aliphatic carbocycles. The van der Waals surface area contributed by atoms with Crippen LogP contribution >= 0.6 is 23.1 Å². The molecule has 2 aromatic heterocycles. The number of nitrogens with one attached hydrogen (secondary N) is 1. The summed E-state index contributed by atoms with van der Waals surface area (Å²) in [5.74, 6) is 2.16. The normalized spacial score (nSPS) is 10.6. The highest BCUT2D eigenvalue weighted by Gasteiger charge is 2.10. The van der Waals surface area contributed by atoms with Crippen molar-refractivity contribution in [1.29, 1.82) is 0 Å². The summed E-state index contributed by atoms with van der Waals surface area (Å²) in [6.07, 6.45) is 3.44. The van der Waals surface area contributed by atoms with Crippen LogP contribution in [0, 0.1) is 6.92 Å². The number of carbonyl (C=O) groups is 1. The highest BCUT2D eigenvalue weighted by Crippen LogP contribution is 2.15. The second-order valence-corrected chi connectivity index (χ2v) is 6.18. The van der Waals surface area contributed by atoms with E-state index in [0.717, 1.165) is 22.3 Å². The first kappa shape index (κ1) is 14.1. The van der Waals surface area contributed by atoms with Gasteiger partial charge in [0.1, 0.15) is 5.82 Å². The zero-order valence-corrected chi connectivity index (χ0v) is 12.6. The van der Waals surface area contributed by atoms with Gasteiger partial charge in [-0.25, -0.2) is 9.97 Å². The Morgan fingerprint density at radius 1 is 1.58 bits per heavy atom. The standard InChI is InChI=1S/C12H16N4OS2/c1-9-15-10(7-19-9)6-18-8-12(17)16(2)5-11-13-3-4-14-11/h3-4,7H,5-6,8H2,1-2H3,(H,13,14). The van der Waals surface area contributed by atoms with Gasteiger partial charge in [0.2, 0.25) is 5.91 Å². The molecule has 0 fully saturated rings. The Bertz CT molecular complexity index is 524. The number of hydrogen-bond donors (Lipinski definition) is 1. The maximum atomic E-state index is 11.9. The maximum absolute atomic E-state index is 11.9. The molecule has 5 nitrogen and oxygen atoms in total. The van der Waals surface area contributed by atoms with E-state index in [1.807, 2.05) is 12.3 Å². The molecule has 0 aromatic carbocycles. The van der Waals surface area contributed by atoms with Crippen LogP contribution in [0.3, 0.4) is 0 Å². The van der Waals surface area contributed by atoms with Crippen LogP contribution in [0.5, 0.6) is 0 Å². The molecule has 0 saturated carbocycles. The zero-order chi connectivity index (χ0) is 13.7. The largest absolute Gasteiger partial charge is 0.347 e. The number of thiazole rings is 1. The molecule has 2 aromatic rings. The Morgan fingerprint density at radius 3 is 3.05 bits per heavy atom. The van der Waals surface area contributed by atoms with Crippen molar-refractivity contribution in [2.24, 2.45) is 0 Å². The van der Waals surface area contributed by atoms with E-state index in [0.29, 0.717) is 12.3 Å². The van der Waals surface area contributed by atoms with Gasteiger partial charge < -0.3 is 9.88 Å². The Morgan fingerprint density at radius 2 is 2.42 bits per heavy atom. The average Bonchev–Trinajstić information content (AvgIpc) is 3.01. The lowest BCUT2D eigenvalue weighted by Gasteiger charge is -2.15. The molecule has 2 rings (SSSR count). The van der Waals surface area contributed by atoms with Gasteiger partial charge in [0.05, 0.1) is 23.0 Å². The van der Waals surface area contributed by atoms with Crippen molar-refractivity contribution < 1.29 is 4.79 Å². The Hall–Kier alpha value is -1.34. The fourth-order valence-corrected chi connectivity index (χ4v) is 3.10. The van der Waals surface area contributed by atoms with Crippen LogP contribution < -0.4 is 0 Å². The molecule has 0 radical (unpaired) electrons. The van der Waals surface area contributed by atoms with Crippen molar-refractivity contribution in [2.45, 2.75) is 19.2 Å². The summed E-state index contributed by atoms with van der Waals surface area (Å²) < 4.78 is 0. The molecule has 0 atom stereocenters. The minimum Gasteiger partial charge on any atom is -0.347 e. The minimum absolute atomic E-state index is 0.105. The van der Waals surface area contributed by atoms with E-state index in [4.69, 9.17) is 0 Å². The quantitative estimate of drug-likeness (QED) is 0.886. The fourth-order valence-electron chi connectivity index (χ4n) is 1.52. The van der Waals surface area contributed by atoms with Crippen LogP contribution in [0.15, 0.2) is 17.8 Å². The molecule has 0 spiro atoms. The van der Waals surface area contributed by atoms with Gasteiger partial charge in [0.15, 0.2) is 0 Å². The predicted molar refractivity (Wildman–Crippen MR) is 78.1 cm³/mol. The summed E-state index contributed by atoms with van der Waals surface area (Å²) in [5.41, 5.74) is 1.05. The number of thioether (sulfide) groups is 1. The monoisotopic (exact) mass is 296 g/mol. The second-order valence-electron chi connectivity index (χ2n) is 4.14. The fraction of sp³-hybridized carbons (Fsp3) is 0.417. The number of imidazole rings is 1. The summed E-state index contributed by atoms with van der Waals surface area (Å²) in [6, 6.07) is 0. The molecule has 0 bridgehead atoms. The molecule has 1 N–H and O–H groups in total. The van der Waals surface area contributed by atoms with Crippen molar-refractivity contribution in [2.75, 3.05) is 12.8 Å². The molecular formula is C12H16N4OS2. The lowest BCUT2D eigenvalue weighted by atomic mass is 10.5. The third kappa shape index (κ3) is 4.36. The average molecular weight is 296 g/mol. The van der Waals surface area contributed by atoms with Gasteiger partial charge in [-0.1, -0.05) is 0 Å². The molecule has 0 saturated heterocycles. The summed E-state index contributed by atoms with van der Waals surface area (Å²) in [6.45, 7) is 2.50. The number of carbonyl (C=O) groups excluding carboxylic acids is 1. The van der Waals surface area contributed by atoms with Gasteiger partial charge in [-0.2, -0.15) is 0 Å². The lowest BCUT2D eigenvalue weighted by Crippen LogP contribution is -2.28. The SMILES string of the molecule is Cc1nc(CSCC(=O)N(C)Cc2ncc[nH]2)cs1. The minimum atomic E-state index is 0.105. The predicted octanol–water partition coefficient (Wildman–Crippen LogP) is 2.07. The van der Waals surface area contributed by atoms with Gasteiger partial charge in [-0.15, -0.1) is 23.1 Å². The van der Waals surface area contributed by atoms with E-state index in [1.165, 1.54) is 0 Å². The smallest absolute Gasteiger partial charge is 0.232 e. The van der Waals surface area contributed by atoms with E-state index in [2.05, 4.69) is 15.0 Å². The number of aromatic nitrogens is 3. The number of aromatic amines is 1. The van der Waals surface area contributed by atoms with Gasteiger partial charge in [0, 0.05) is 30.6 Å². The van der Waals surface area contributed by atoms with Gasteiger partial charge >= 0.3 is 0 Å². The van der Waals surface area contributed by atoms with E-state index >= 15 is 0 Å². The van der Waals surface area contributed by atoms with Crippen LogP contribution in [0.25, 0.3) is 0 Å². The Labute approximate surface area is 120 Å². The highest BCUT2D eigenvalue weighted by atomic mass is 32.2. The first-order chi connectivity index (χ1) is 9.15. The van der Waals surface area contributed by atoms with E-state index in [1.54, 1.807) is 47.4 Å². The Kier molecular flexibility index (Phi) is 4.98. The number of nitrogens with zero attached hydrogens (tertiary/aromatic N) is 3. The molecule has 0 aliphatic rings. The Balaban J connectivity index is 1.71. The summed E-state index contributed by atoms with van der Waals surface area (Å²) in [4.78, 5) is 25.1. The first-order valence-electron chi connectivity index (χ1n) is 5.86. The van der Waals surface area contributed by atoms with Crippen LogP contribution in [0.2, 0.25) is 0 Å². The zero-order valence-electron chi connectivity index (χ0n) is 10.9. The highest BCUT2D eigenvalue weighted by molar-refractivity contribution is 7.99. The second kappa shape index (κ2) is 6.72. The maximum Gasteiger partial charge on any atom is 0.232 e. The van der Waals surface area contributed by atoms with Gasteiger partial charge in [-0.3, -0.25) is 4.79 Å². The van der Waals surface area contributed by atoms with Crippen LogP contribution in [-0.2, 0) is 17.1 Å². The van der Waals surface area contributed by atoms with E-state index < -0.39 is 0 Å². The van der Waals surface area contributed by atoms with Crippen LogP contribution in [0.4, 0.5) is 0 Å². The third-order valence-corrected chi connectivity index (χ3v) is 4.28. The number of aryl methyl sites for hydroxylation is 1. The molecular weight excluding hydrogens is 280 g/mol. The lowest BCUT2D eigenvalue weighted by molar-refractivity contribution is -0.127.